The van der Waals surface area contributed by atoms with Gasteiger partial charge in [0.15, 0.2) is 0 Å². The van der Waals surface area contributed by atoms with Gasteiger partial charge in [-0.05, 0) is 17.5 Å². The van der Waals surface area contributed by atoms with Gasteiger partial charge in [0.2, 0.25) is 5.75 Å². The molecule has 0 bridgehead atoms. The summed E-state index contributed by atoms with van der Waals surface area (Å²) in [5.41, 5.74) is 0. The second-order valence-electron chi connectivity index (χ2n) is 2.83. The molecule has 0 aliphatic heterocycles. The summed E-state index contributed by atoms with van der Waals surface area (Å²) in [7, 11) is 0. The molecule has 1 saturated carbocycles. The number of carbonyl (C=O) groups excluding carboxylic acids is 1. The second-order valence-corrected chi connectivity index (χ2v) is 3.01. The van der Waals surface area contributed by atoms with Crippen molar-refractivity contribution in [3.05, 3.63) is 0 Å². The highest BCUT2D eigenvalue weighted by Crippen LogP contribution is 2.21. The molecule has 1 aliphatic carbocycles. The summed E-state index contributed by atoms with van der Waals surface area (Å²) in [5.74, 6) is 1.26. The van der Waals surface area contributed by atoms with E-state index in [0.29, 0.717) is 0 Å². The van der Waals surface area contributed by atoms with E-state index in [1.807, 2.05) is 0 Å². The molecule has 0 radical (unpaired) electrons. The molecule has 0 aromatic heterocycles. The van der Waals surface area contributed by atoms with E-state index >= 15 is 0 Å². The summed E-state index contributed by atoms with van der Waals surface area (Å²) in [4.78, 5) is 8.57. The molecular formula is C8H15ClO. The molecule has 1 fully saturated rings. The molecule has 2 heteroatoms. The van der Waals surface area contributed by atoms with E-state index in [2.05, 4.69) is 18.5 Å². The van der Waals surface area contributed by atoms with Crippen molar-refractivity contribution in [1.82, 2.24) is 0 Å². The van der Waals surface area contributed by atoms with Crippen molar-refractivity contribution in [2.45, 2.75) is 39.0 Å². The zero-order valence-electron chi connectivity index (χ0n) is 6.48. The van der Waals surface area contributed by atoms with Gasteiger partial charge < -0.3 is 0 Å². The van der Waals surface area contributed by atoms with E-state index in [9.17, 15) is 0 Å². The van der Waals surface area contributed by atoms with Crippen molar-refractivity contribution in [3.8, 4) is 0 Å². The highest BCUT2D eigenvalue weighted by atomic mass is 35.5. The molecular weight excluding hydrogens is 148 g/mol. The quantitative estimate of drug-likeness (QED) is 0.395. The predicted molar refractivity (Wildman–Crippen MR) is 44.9 cm³/mol. The van der Waals surface area contributed by atoms with Crippen LogP contribution in [0, 0.1) is 5.92 Å². The Hall–Kier alpha value is -0.0400. The lowest BCUT2D eigenvalue weighted by Gasteiger charge is -2.15. The fraction of sp³-hybridized carbons (Fsp3) is 0.875. The lowest BCUT2D eigenvalue weighted by atomic mass is 9.91. The molecule has 0 aromatic rings. The van der Waals surface area contributed by atoms with E-state index in [0.717, 1.165) is 5.92 Å². The van der Waals surface area contributed by atoms with Crippen LogP contribution in [0.5, 0.6) is 0 Å². The van der Waals surface area contributed by atoms with E-state index in [1.54, 1.807) is 0 Å². The zero-order valence-corrected chi connectivity index (χ0v) is 7.23. The summed E-state index contributed by atoms with van der Waals surface area (Å²) in [6.45, 7) is 2.36. The van der Waals surface area contributed by atoms with Crippen molar-refractivity contribution >= 4 is 17.3 Å². The van der Waals surface area contributed by atoms with E-state index in [-0.39, 0.29) is 5.75 Å². The van der Waals surface area contributed by atoms with Gasteiger partial charge >= 0.3 is 0 Å². The van der Waals surface area contributed by atoms with Crippen LogP contribution in [0.25, 0.3) is 0 Å². The van der Waals surface area contributed by atoms with Gasteiger partial charge in [0.05, 0.1) is 0 Å². The van der Waals surface area contributed by atoms with Gasteiger partial charge in [0.1, 0.15) is 0 Å². The molecule has 10 heavy (non-hydrogen) atoms. The molecule has 1 rings (SSSR count). The maximum Gasteiger partial charge on any atom is 0.208 e. The number of carbonyl (C=O) groups is 1. The van der Waals surface area contributed by atoms with Crippen LogP contribution in [-0.2, 0) is 4.79 Å². The SMILES string of the molecule is CC1CCCCC1.O=CCl. The van der Waals surface area contributed by atoms with Gasteiger partial charge in [-0.25, -0.2) is 0 Å². The predicted octanol–water partition coefficient (Wildman–Crippen LogP) is 3.00. The standard InChI is InChI=1S/C7H14.CHClO/c1-7-5-3-2-4-6-7;2-1-3/h7H,2-6H2,1H3;1H. The third-order valence-electron chi connectivity index (χ3n) is 1.89. The summed E-state index contributed by atoms with van der Waals surface area (Å²) < 4.78 is 0. The Bertz CT molecular complexity index is 77.3. The molecule has 0 heterocycles. The highest BCUT2D eigenvalue weighted by Gasteiger charge is 2.05. The van der Waals surface area contributed by atoms with Crippen LogP contribution >= 0.6 is 11.6 Å². The number of hydrogen-bond donors (Lipinski definition) is 0. The second kappa shape index (κ2) is 7.07. The lowest BCUT2D eigenvalue weighted by molar-refractivity contribution is 0.385. The average molecular weight is 163 g/mol. The zero-order chi connectivity index (χ0) is 7.82. The molecule has 0 unspecified atom stereocenters. The molecule has 0 atom stereocenters. The van der Waals surface area contributed by atoms with Gasteiger partial charge in [-0.3, -0.25) is 4.79 Å². The number of halogens is 1. The first-order valence-electron chi connectivity index (χ1n) is 3.85. The van der Waals surface area contributed by atoms with Crippen LogP contribution in [0.1, 0.15) is 39.0 Å². The molecule has 60 valence electrons. The normalized spacial score (nSPS) is 19.0. The van der Waals surface area contributed by atoms with E-state index in [4.69, 9.17) is 4.79 Å². The lowest BCUT2D eigenvalue weighted by Crippen LogP contribution is -1.99. The smallest absolute Gasteiger partial charge is 0.208 e. The van der Waals surface area contributed by atoms with Crippen LogP contribution in [0.2, 0.25) is 0 Å². The minimum Gasteiger partial charge on any atom is -0.285 e. The number of hydrogen-bond acceptors (Lipinski definition) is 1. The minimum atomic E-state index is 0.222. The van der Waals surface area contributed by atoms with Gasteiger partial charge in [0.25, 0.3) is 0 Å². The molecule has 1 aliphatic rings. The Morgan fingerprint density at radius 1 is 1.30 bits per heavy atom. The van der Waals surface area contributed by atoms with E-state index < -0.39 is 0 Å². The third kappa shape index (κ3) is 6.09. The summed E-state index contributed by atoms with van der Waals surface area (Å²) in [6, 6.07) is 0. The van der Waals surface area contributed by atoms with Crippen molar-refractivity contribution in [2.24, 2.45) is 5.92 Å². The molecule has 0 saturated heterocycles. The molecule has 0 aromatic carbocycles. The fourth-order valence-electron chi connectivity index (χ4n) is 1.31. The largest absolute Gasteiger partial charge is 0.285 e. The molecule has 1 nitrogen and oxygen atoms in total. The molecule has 0 amide bonds. The summed E-state index contributed by atoms with van der Waals surface area (Å²) in [5, 5.41) is 0. The summed E-state index contributed by atoms with van der Waals surface area (Å²) >= 11 is 4.32. The minimum absolute atomic E-state index is 0.222. The molecule has 0 N–H and O–H groups in total. The highest BCUT2D eigenvalue weighted by molar-refractivity contribution is 6.54. The van der Waals surface area contributed by atoms with E-state index in [1.165, 1.54) is 32.1 Å². The topological polar surface area (TPSA) is 17.1 Å². The fourth-order valence-corrected chi connectivity index (χ4v) is 1.31. The van der Waals surface area contributed by atoms with Crippen molar-refractivity contribution < 1.29 is 4.79 Å². The van der Waals surface area contributed by atoms with Crippen LogP contribution in [0.15, 0.2) is 0 Å². The van der Waals surface area contributed by atoms with Crippen LogP contribution < -0.4 is 0 Å². The first-order chi connectivity index (χ1) is 4.81. The summed E-state index contributed by atoms with van der Waals surface area (Å²) in [6.07, 6.45) is 7.44. The number of rotatable bonds is 0. The monoisotopic (exact) mass is 162 g/mol. The first-order valence-corrected chi connectivity index (χ1v) is 4.28. The first kappa shape index (κ1) is 9.96. The van der Waals surface area contributed by atoms with Gasteiger partial charge in [0, 0.05) is 0 Å². The van der Waals surface area contributed by atoms with Gasteiger partial charge in [-0.15, -0.1) is 0 Å². The van der Waals surface area contributed by atoms with Crippen LogP contribution in [0.3, 0.4) is 0 Å². The maximum atomic E-state index is 8.57. The Morgan fingerprint density at radius 2 is 1.70 bits per heavy atom. The van der Waals surface area contributed by atoms with Crippen LogP contribution in [0.4, 0.5) is 0 Å². The molecule has 0 spiro atoms. The van der Waals surface area contributed by atoms with Crippen molar-refractivity contribution in [3.63, 3.8) is 0 Å². The van der Waals surface area contributed by atoms with Gasteiger partial charge in [-0.1, -0.05) is 39.0 Å². The van der Waals surface area contributed by atoms with Crippen molar-refractivity contribution in [2.75, 3.05) is 0 Å². The Morgan fingerprint density at radius 3 is 1.90 bits per heavy atom. The van der Waals surface area contributed by atoms with Gasteiger partial charge in [-0.2, -0.15) is 0 Å². The maximum absolute atomic E-state index is 8.57. The Kier molecular flexibility index (Phi) is 7.04. The van der Waals surface area contributed by atoms with Crippen molar-refractivity contribution in [1.29, 1.82) is 0 Å². The average Bonchev–Trinajstić information content (AvgIpc) is 1.91. The third-order valence-corrected chi connectivity index (χ3v) is 1.89. The van der Waals surface area contributed by atoms with Crippen LogP contribution in [-0.4, -0.2) is 5.75 Å². The Balaban J connectivity index is 0.000000236. The Labute approximate surface area is 67.8 Å².